The Morgan fingerprint density at radius 3 is 2.68 bits per heavy atom. The number of aromatic hydroxyl groups is 2. The van der Waals surface area contributed by atoms with Crippen LogP contribution in [0.25, 0.3) is 0 Å². The maximum Gasteiger partial charge on any atom is 0.408 e. The van der Waals surface area contributed by atoms with E-state index in [-0.39, 0.29) is 23.4 Å². The standard InChI is InChI=1S/C18H24N2O5/c1-18(2,3)25-17(24)19-12-4-5-13-15-10(6-7-20(13)16(12)23)8-11(21)9-14(15)22/h8-9,12-13,21-22H,4-7H2,1-3H3,(H,19,24)/t12-,13+/m0/s1. The number of ether oxygens (including phenoxy) is 1. The number of alkyl carbamates (subject to hydrolysis) is 1. The van der Waals surface area contributed by atoms with Gasteiger partial charge < -0.3 is 25.2 Å². The molecule has 1 saturated heterocycles. The molecule has 3 N–H and O–H groups in total. The zero-order valence-corrected chi connectivity index (χ0v) is 14.7. The first-order valence-corrected chi connectivity index (χ1v) is 8.50. The van der Waals surface area contributed by atoms with Gasteiger partial charge in [-0.15, -0.1) is 0 Å². The van der Waals surface area contributed by atoms with Crippen molar-refractivity contribution in [3.8, 4) is 11.5 Å². The molecule has 1 aromatic carbocycles. The first-order chi connectivity index (χ1) is 11.7. The van der Waals surface area contributed by atoms with Gasteiger partial charge in [-0.1, -0.05) is 0 Å². The van der Waals surface area contributed by atoms with Crippen molar-refractivity contribution >= 4 is 12.0 Å². The average Bonchev–Trinajstić information content (AvgIpc) is 2.47. The lowest BCUT2D eigenvalue weighted by atomic mass is 9.84. The SMILES string of the molecule is CC(C)(C)OC(=O)N[C@H]1CC[C@@H]2c3c(O)cc(O)cc3CCN2C1=O. The molecule has 1 fully saturated rings. The van der Waals surface area contributed by atoms with E-state index in [1.54, 1.807) is 31.7 Å². The fraction of sp³-hybridized carbons (Fsp3) is 0.556. The molecule has 1 aromatic rings. The number of phenols is 2. The van der Waals surface area contributed by atoms with Crippen molar-refractivity contribution in [3.05, 3.63) is 23.3 Å². The quantitative estimate of drug-likeness (QED) is 0.723. The Morgan fingerprint density at radius 2 is 2.00 bits per heavy atom. The smallest absolute Gasteiger partial charge is 0.408 e. The summed E-state index contributed by atoms with van der Waals surface area (Å²) >= 11 is 0. The van der Waals surface area contributed by atoms with Gasteiger partial charge >= 0.3 is 6.09 Å². The number of fused-ring (bicyclic) bond motifs is 3. The zero-order valence-electron chi connectivity index (χ0n) is 14.7. The van der Waals surface area contributed by atoms with Crippen molar-refractivity contribution in [3.63, 3.8) is 0 Å². The Labute approximate surface area is 146 Å². The van der Waals surface area contributed by atoms with Crippen molar-refractivity contribution in [1.29, 1.82) is 0 Å². The lowest BCUT2D eigenvalue weighted by Gasteiger charge is -2.43. The zero-order chi connectivity index (χ0) is 18.4. The van der Waals surface area contributed by atoms with Crippen LogP contribution in [0.4, 0.5) is 4.79 Å². The van der Waals surface area contributed by atoms with Crippen LogP contribution >= 0.6 is 0 Å². The van der Waals surface area contributed by atoms with Crippen molar-refractivity contribution in [1.82, 2.24) is 10.2 Å². The van der Waals surface area contributed by atoms with Gasteiger partial charge in [-0.25, -0.2) is 4.79 Å². The summed E-state index contributed by atoms with van der Waals surface area (Å²) in [6.45, 7) is 5.80. The monoisotopic (exact) mass is 348 g/mol. The van der Waals surface area contributed by atoms with Gasteiger partial charge in [0, 0.05) is 18.2 Å². The highest BCUT2D eigenvalue weighted by atomic mass is 16.6. The normalized spacial score (nSPS) is 22.8. The molecule has 0 spiro atoms. The summed E-state index contributed by atoms with van der Waals surface area (Å²) in [7, 11) is 0. The predicted octanol–water partition coefficient (Wildman–Crippen LogP) is 2.21. The third-order valence-corrected chi connectivity index (χ3v) is 4.56. The van der Waals surface area contributed by atoms with Gasteiger partial charge in [0.25, 0.3) is 0 Å². The topological polar surface area (TPSA) is 99.1 Å². The predicted molar refractivity (Wildman–Crippen MR) is 90.3 cm³/mol. The molecular weight excluding hydrogens is 324 g/mol. The molecule has 2 aliphatic rings. The molecule has 0 radical (unpaired) electrons. The van der Waals surface area contributed by atoms with Crippen LogP contribution < -0.4 is 5.32 Å². The van der Waals surface area contributed by atoms with Gasteiger partial charge in [0.1, 0.15) is 23.1 Å². The number of hydrogen-bond acceptors (Lipinski definition) is 5. The van der Waals surface area contributed by atoms with Gasteiger partial charge in [-0.3, -0.25) is 4.79 Å². The number of nitrogens with one attached hydrogen (secondary N) is 1. The second-order valence-electron chi connectivity index (χ2n) is 7.61. The first kappa shape index (κ1) is 17.4. The highest BCUT2D eigenvalue weighted by Crippen LogP contribution is 2.43. The number of carbonyl (C=O) groups is 2. The molecule has 3 rings (SSSR count). The molecule has 0 saturated carbocycles. The largest absolute Gasteiger partial charge is 0.508 e. The van der Waals surface area contributed by atoms with E-state index in [0.29, 0.717) is 31.4 Å². The summed E-state index contributed by atoms with van der Waals surface area (Å²) in [5.41, 5.74) is 0.945. The Balaban J connectivity index is 1.76. The first-order valence-electron chi connectivity index (χ1n) is 8.50. The van der Waals surface area contributed by atoms with Crippen molar-refractivity contribution in [2.75, 3.05) is 6.54 Å². The second-order valence-corrected chi connectivity index (χ2v) is 7.61. The van der Waals surface area contributed by atoms with Gasteiger partial charge in [0.2, 0.25) is 5.91 Å². The Morgan fingerprint density at radius 1 is 1.28 bits per heavy atom. The van der Waals surface area contributed by atoms with E-state index in [1.807, 2.05) is 0 Å². The minimum Gasteiger partial charge on any atom is -0.508 e. The van der Waals surface area contributed by atoms with E-state index < -0.39 is 17.7 Å². The lowest BCUT2D eigenvalue weighted by Crippen LogP contribution is -2.55. The molecule has 7 nitrogen and oxygen atoms in total. The molecule has 0 unspecified atom stereocenters. The summed E-state index contributed by atoms with van der Waals surface area (Å²) < 4.78 is 5.22. The van der Waals surface area contributed by atoms with Gasteiger partial charge in [0.05, 0.1) is 6.04 Å². The number of piperidine rings is 1. The Kier molecular flexibility index (Phi) is 4.26. The molecule has 2 atom stereocenters. The van der Waals surface area contributed by atoms with E-state index in [1.165, 1.54) is 6.07 Å². The number of benzene rings is 1. The number of phenolic OH excluding ortho intramolecular Hbond substituents is 2. The number of nitrogens with zero attached hydrogens (tertiary/aromatic N) is 1. The summed E-state index contributed by atoms with van der Waals surface area (Å²) in [5.74, 6) is -0.132. The number of amides is 2. The van der Waals surface area contributed by atoms with Gasteiger partial charge in [0.15, 0.2) is 0 Å². The summed E-state index contributed by atoms with van der Waals surface area (Å²) in [6, 6.07) is 2.10. The van der Waals surface area contributed by atoms with Crippen molar-refractivity contribution in [2.24, 2.45) is 0 Å². The van der Waals surface area contributed by atoms with Gasteiger partial charge in [-0.2, -0.15) is 0 Å². The van der Waals surface area contributed by atoms with Crippen LogP contribution in [0.5, 0.6) is 11.5 Å². The third kappa shape index (κ3) is 3.50. The number of rotatable bonds is 1. The summed E-state index contributed by atoms with van der Waals surface area (Å²) in [5, 5.41) is 22.5. The fourth-order valence-corrected chi connectivity index (χ4v) is 3.62. The average molecular weight is 348 g/mol. The molecule has 0 aromatic heterocycles. The molecule has 136 valence electrons. The molecule has 2 aliphatic heterocycles. The molecule has 2 heterocycles. The maximum atomic E-state index is 12.8. The fourth-order valence-electron chi connectivity index (χ4n) is 3.62. The summed E-state index contributed by atoms with van der Waals surface area (Å²) in [4.78, 5) is 26.4. The van der Waals surface area contributed by atoms with Crippen LogP contribution in [0.15, 0.2) is 12.1 Å². The number of carbonyl (C=O) groups excluding carboxylic acids is 2. The van der Waals surface area contributed by atoms with E-state index in [9.17, 15) is 19.8 Å². The van der Waals surface area contributed by atoms with Crippen molar-refractivity contribution < 1.29 is 24.5 Å². The molecule has 25 heavy (non-hydrogen) atoms. The second kappa shape index (κ2) is 6.13. The maximum absolute atomic E-state index is 12.8. The van der Waals surface area contributed by atoms with E-state index >= 15 is 0 Å². The summed E-state index contributed by atoms with van der Waals surface area (Å²) in [6.07, 6.45) is 1.05. The molecule has 0 aliphatic carbocycles. The van der Waals surface area contributed by atoms with Crippen LogP contribution in [0.2, 0.25) is 0 Å². The third-order valence-electron chi connectivity index (χ3n) is 4.56. The van der Waals surface area contributed by atoms with Gasteiger partial charge in [-0.05, 0) is 51.7 Å². The molecule has 0 bridgehead atoms. The van der Waals surface area contributed by atoms with Crippen LogP contribution in [-0.2, 0) is 16.0 Å². The van der Waals surface area contributed by atoms with E-state index in [0.717, 1.165) is 5.56 Å². The number of hydrogen-bond donors (Lipinski definition) is 3. The molecular formula is C18H24N2O5. The van der Waals surface area contributed by atoms with Crippen LogP contribution in [-0.4, -0.2) is 45.3 Å². The highest BCUT2D eigenvalue weighted by molar-refractivity contribution is 5.87. The Bertz CT molecular complexity index is 710. The lowest BCUT2D eigenvalue weighted by molar-refractivity contribution is -0.140. The van der Waals surface area contributed by atoms with Crippen LogP contribution in [0, 0.1) is 0 Å². The van der Waals surface area contributed by atoms with E-state index in [2.05, 4.69) is 5.32 Å². The molecule has 7 heteroatoms. The van der Waals surface area contributed by atoms with Crippen molar-refractivity contribution in [2.45, 2.75) is 57.7 Å². The van der Waals surface area contributed by atoms with Crippen LogP contribution in [0.1, 0.15) is 50.8 Å². The highest BCUT2D eigenvalue weighted by Gasteiger charge is 2.41. The minimum atomic E-state index is -0.623. The Hall–Kier alpha value is -2.44. The van der Waals surface area contributed by atoms with E-state index in [4.69, 9.17) is 4.74 Å². The minimum absolute atomic E-state index is 0.0102. The van der Waals surface area contributed by atoms with Crippen LogP contribution in [0.3, 0.4) is 0 Å². The molecule has 2 amide bonds.